The van der Waals surface area contributed by atoms with Gasteiger partial charge in [0.2, 0.25) is 5.91 Å². The molecule has 0 aromatic rings. The third-order valence-corrected chi connectivity index (χ3v) is 3.66. The van der Waals surface area contributed by atoms with Crippen LogP contribution in [-0.2, 0) is 14.3 Å². The van der Waals surface area contributed by atoms with Gasteiger partial charge in [-0.3, -0.25) is 9.59 Å². The minimum atomic E-state index is -1.64. The van der Waals surface area contributed by atoms with Gasteiger partial charge in [-0.25, -0.2) is 0 Å². The Balaban J connectivity index is 2.01. The molecule has 6 heteroatoms. The molecule has 1 aliphatic heterocycles. The predicted octanol–water partition coefficient (Wildman–Crippen LogP) is 1.71. The van der Waals surface area contributed by atoms with Crippen LogP contribution in [-0.4, -0.2) is 37.0 Å². The number of ether oxygens (including phenoxy) is 1. The molecule has 4 nitrogen and oxygen atoms in total. The normalized spacial score (nSPS) is 21.5. The molecule has 1 heterocycles. The molecule has 0 bridgehead atoms. The van der Waals surface area contributed by atoms with Crippen molar-refractivity contribution in [2.24, 2.45) is 5.41 Å². The highest BCUT2D eigenvalue weighted by molar-refractivity contribution is 6.05. The fourth-order valence-corrected chi connectivity index (χ4v) is 2.30. The first-order valence-corrected chi connectivity index (χ1v) is 5.92. The van der Waals surface area contributed by atoms with Crippen LogP contribution in [0.4, 0.5) is 8.78 Å². The predicted molar refractivity (Wildman–Crippen MR) is 58.7 cm³/mol. The van der Waals surface area contributed by atoms with E-state index >= 15 is 0 Å². The number of nitrogens with zero attached hydrogens (tertiary/aromatic N) is 1. The Morgan fingerprint density at radius 1 is 1.22 bits per heavy atom. The Hall–Kier alpha value is -1.46. The van der Waals surface area contributed by atoms with E-state index in [0.717, 1.165) is 0 Å². The largest absolute Gasteiger partial charge is 0.468 e. The molecule has 2 aliphatic rings. The molecule has 100 valence electrons. The summed E-state index contributed by atoms with van der Waals surface area (Å²) in [6.07, 6.45) is -0.280. The van der Waals surface area contributed by atoms with Crippen LogP contribution in [0.3, 0.4) is 0 Å². The van der Waals surface area contributed by atoms with E-state index in [1.165, 1.54) is 12.0 Å². The second kappa shape index (κ2) is 4.66. The number of hydrogen-bond acceptors (Lipinski definition) is 3. The highest BCUT2D eigenvalue weighted by Crippen LogP contribution is 2.48. The van der Waals surface area contributed by atoms with Gasteiger partial charge in [-0.15, -0.1) is 0 Å². The van der Waals surface area contributed by atoms with Crippen LogP contribution in [0, 0.1) is 5.41 Å². The van der Waals surface area contributed by atoms with E-state index in [-0.39, 0.29) is 37.4 Å². The van der Waals surface area contributed by atoms with Crippen molar-refractivity contribution in [2.45, 2.75) is 25.7 Å². The van der Waals surface area contributed by atoms with Gasteiger partial charge in [0, 0.05) is 13.1 Å². The topological polar surface area (TPSA) is 46.6 Å². The number of likely N-dealkylation sites (tertiary alicyclic amines) is 1. The number of carbonyl (C=O) groups is 2. The number of methoxy groups -OCH3 is 1. The first-order chi connectivity index (χ1) is 8.51. The molecule has 0 aromatic heterocycles. The molecule has 0 N–H and O–H groups in total. The number of esters is 1. The summed E-state index contributed by atoms with van der Waals surface area (Å²) >= 11 is 0. The van der Waals surface area contributed by atoms with E-state index in [9.17, 15) is 18.4 Å². The van der Waals surface area contributed by atoms with E-state index in [1.807, 2.05) is 0 Å². The van der Waals surface area contributed by atoms with Gasteiger partial charge in [0.15, 0.2) is 0 Å². The summed E-state index contributed by atoms with van der Waals surface area (Å²) in [6.45, 7) is 0.508. The Morgan fingerprint density at radius 2 is 1.78 bits per heavy atom. The maximum Gasteiger partial charge on any atom is 0.321 e. The number of hydrogen-bond donors (Lipinski definition) is 0. The third kappa shape index (κ3) is 2.11. The smallest absolute Gasteiger partial charge is 0.321 e. The number of rotatable bonds is 2. The van der Waals surface area contributed by atoms with Crippen molar-refractivity contribution in [3.8, 4) is 0 Å². The van der Waals surface area contributed by atoms with Crippen molar-refractivity contribution >= 4 is 11.9 Å². The van der Waals surface area contributed by atoms with Crippen molar-refractivity contribution in [2.75, 3.05) is 20.2 Å². The van der Waals surface area contributed by atoms with Crippen molar-refractivity contribution in [3.63, 3.8) is 0 Å². The zero-order valence-electron chi connectivity index (χ0n) is 10.2. The second-order valence-electron chi connectivity index (χ2n) is 4.73. The van der Waals surface area contributed by atoms with E-state index in [1.54, 1.807) is 0 Å². The van der Waals surface area contributed by atoms with Gasteiger partial charge in [-0.1, -0.05) is 0 Å². The molecule has 1 amide bonds. The minimum absolute atomic E-state index is 0.113. The Bertz CT molecular complexity index is 402. The Morgan fingerprint density at radius 3 is 2.17 bits per heavy atom. The van der Waals surface area contributed by atoms with Crippen LogP contribution in [0.1, 0.15) is 25.7 Å². The highest BCUT2D eigenvalue weighted by Gasteiger charge is 2.59. The van der Waals surface area contributed by atoms with Crippen LogP contribution < -0.4 is 0 Å². The zero-order chi connectivity index (χ0) is 13.3. The summed E-state index contributed by atoms with van der Waals surface area (Å²) in [7, 11) is 1.26. The number of halogens is 2. The standard InChI is InChI=1S/C12H15F2NO3/c1-18-11(17)12(4-5-12)10(16)15-6-2-8(3-7-15)9(13)14/h2-7H2,1H3. The van der Waals surface area contributed by atoms with E-state index in [0.29, 0.717) is 12.8 Å². The summed E-state index contributed by atoms with van der Waals surface area (Å²) in [5, 5.41) is 0. The second-order valence-corrected chi connectivity index (χ2v) is 4.73. The van der Waals surface area contributed by atoms with Crippen LogP contribution >= 0.6 is 0 Å². The fraction of sp³-hybridized carbons (Fsp3) is 0.667. The first kappa shape index (κ1) is 13.0. The van der Waals surface area contributed by atoms with Crippen LogP contribution in [0.25, 0.3) is 0 Å². The molecule has 1 saturated heterocycles. The molecule has 0 atom stereocenters. The summed E-state index contributed by atoms with van der Waals surface area (Å²) in [4.78, 5) is 25.2. The van der Waals surface area contributed by atoms with E-state index < -0.39 is 17.5 Å². The van der Waals surface area contributed by atoms with Gasteiger partial charge in [0.1, 0.15) is 5.41 Å². The molecule has 0 radical (unpaired) electrons. The van der Waals surface area contributed by atoms with Gasteiger partial charge in [0.25, 0.3) is 6.08 Å². The van der Waals surface area contributed by atoms with Crippen LogP contribution in [0.5, 0.6) is 0 Å². The average Bonchev–Trinajstić information content (AvgIpc) is 3.18. The fourth-order valence-electron chi connectivity index (χ4n) is 2.30. The van der Waals surface area contributed by atoms with Gasteiger partial charge in [0.05, 0.1) is 7.11 Å². The van der Waals surface area contributed by atoms with Crippen molar-refractivity contribution in [3.05, 3.63) is 11.7 Å². The molecule has 0 spiro atoms. The van der Waals surface area contributed by atoms with Gasteiger partial charge >= 0.3 is 5.97 Å². The van der Waals surface area contributed by atoms with E-state index in [2.05, 4.69) is 4.74 Å². The molecule has 2 fully saturated rings. The number of piperidine rings is 1. The lowest BCUT2D eigenvalue weighted by atomic mass is 10.0. The summed E-state index contributed by atoms with van der Waals surface area (Å²) in [5.74, 6) is -0.779. The monoisotopic (exact) mass is 259 g/mol. The van der Waals surface area contributed by atoms with Crippen molar-refractivity contribution < 1.29 is 23.1 Å². The van der Waals surface area contributed by atoms with Gasteiger partial charge < -0.3 is 9.64 Å². The lowest BCUT2D eigenvalue weighted by molar-refractivity contribution is -0.156. The quantitative estimate of drug-likeness (QED) is 0.560. The summed E-state index contributed by atoms with van der Waals surface area (Å²) < 4.78 is 29.4. The molecular weight excluding hydrogens is 244 g/mol. The zero-order valence-corrected chi connectivity index (χ0v) is 10.2. The van der Waals surface area contributed by atoms with Gasteiger partial charge in [-0.05, 0) is 31.3 Å². The highest BCUT2D eigenvalue weighted by atomic mass is 19.3. The molecule has 2 rings (SSSR count). The first-order valence-electron chi connectivity index (χ1n) is 5.92. The number of amides is 1. The third-order valence-electron chi connectivity index (χ3n) is 3.66. The molecule has 1 aliphatic carbocycles. The number of carbonyl (C=O) groups excluding carboxylic acids is 2. The lowest BCUT2D eigenvalue weighted by Crippen LogP contribution is -2.44. The summed E-state index contributed by atoms with van der Waals surface area (Å²) in [6, 6.07) is 0. The molecule has 0 unspecified atom stereocenters. The summed E-state index contributed by atoms with van der Waals surface area (Å²) in [5.41, 5.74) is -0.911. The molecule has 1 saturated carbocycles. The van der Waals surface area contributed by atoms with Crippen LogP contribution in [0.2, 0.25) is 0 Å². The van der Waals surface area contributed by atoms with Crippen LogP contribution in [0.15, 0.2) is 11.7 Å². The van der Waals surface area contributed by atoms with Crippen molar-refractivity contribution in [1.82, 2.24) is 4.90 Å². The lowest BCUT2D eigenvalue weighted by Gasteiger charge is -2.30. The molecule has 0 aromatic carbocycles. The molecular formula is C12H15F2NO3. The Kier molecular flexibility index (Phi) is 3.36. The molecule has 18 heavy (non-hydrogen) atoms. The van der Waals surface area contributed by atoms with Gasteiger partial charge in [-0.2, -0.15) is 8.78 Å². The van der Waals surface area contributed by atoms with Crippen molar-refractivity contribution in [1.29, 1.82) is 0 Å². The average molecular weight is 259 g/mol. The Labute approximate surface area is 104 Å². The maximum atomic E-state index is 12.4. The minimum Gasteiger partial charge on any atom is -0.468 e. The SMILES string of the molecule is COC(=O)C1(C(=O)N2CCC(=C(F)F)CC2)CC1. The van der Waals surface area contributed by atoms with E-state index in [4.69, 9.17) is 0 Å². The maximum absolute atomic E-state index is 12.4.